The third-order valence-electron chi connectivity index (χ3n) is 2.27. The van der Waals surface area contributed by atoms with Crippen LogP contribution in [0.5, 0.6) is 0 Å². The number of rotatable bonds is 9. The third kappa shape index (κ3) is 7.26. The Kier molecular flexibility index (Phi) is 9.29. The topological polar surface area (TPSA) is 56.5 Å². The van der Waals surface area contributed by atoms with Gasteiger partial charge in [0.25, 0.3) is 0 Å². The molecule has 86 valence electrons. The van der Waals surface area contributed by atoms with Gasteiger partial charge in [-0.15, -0.1) is 0 Å². The summed E-state index contributed by atoms with van der Waals surface area (Å²) in [6.07, 6.45) is 1.26. The molecular weight excluding hydrogens is 180 g/mol. The number of methoxy groups -OCH3 is 2. The van der Waals surface area contributed by atoms with Gasteiger partial charge in [-0.25, -0.2) is 0 Å². The van der Waals surface area contributed by atoms with Crippen molar-refractivity contribution in [3.05, 3.63) is 0 Å². The summed E-state index contributed by atoms with van der Waals surface area (Å²) >= 11 is 0. The summed E-state index contributed by atoms with van der Waals surface area (Å²) in [4.78, 5) is 0. The maximum atomic E-state index is 5.52. The van der Waals surface area contributed by atoms with E-state index in [0.717, 1.165) is 26.1 Å². The largest absolute Gasteiger partial charge is 0.382 e. The van der Waals surface area contributed by atoms with E-state index in [1.165, 1.54) is 0 Å². The van der Waals surface area contributed by atoms with E-state index in [4.69, 9.17) is 15.2 Å². The molecule has 14 heavy (non-hydrogen) atoms. The minimum absolute atomic E-state index is 0.146. The van der Waals surface area contributed by atoms with Gasteiger partial charge < -0.3 is 20.5 Å². The second-order valence-electron chi connectivity index (χ2n) is 3.65. The van der Waals surface area contributed by atoms with E-state index in [-0.39, 0.29) is 6.10 Å². The minimum Gasteiger partial charge on any atom is -0.382 e. The average Bonchev–Trinajstić information content (AvgIpc) is 2.22. The van der Waals surface area contributed by atoms with Gasteiger partial charge >= 0.3 is 0 Å². The second-order valence-corrected chi connectivity index (χ2v) is 3.65. The second kappa shape index (κ2) is 9.40. The lowest BCUT2D eigenvalue weighted by atomic mass is 10.1. The lowest BCUT2D eigenvalue weighted by Crippen LogP contribution is -2.33. The van der Waals surface area contributed by atoms with E-state index in [1.54, 1.807) is 14.2 Å². The molecule has 0 fully saturated rings. The zero-order valence-corrected chi connectivity index (χ0v) is 9.58. The zero-order valence-electron chi connectivity index (χ0n) is 9.58. The Hall–Kier alpha value is -0.160. The van der Waals surface area contributed by atoms with E-state index in [1.807, 2.05) is 0 Å². The average molecular weight is 204 g/mol. The van der Waals surface area contributed by atoms with E-state index in [0.29, 0.717) is 12.5 Å². The first-order valence-corrected chi connectivity index (χ1v) is 5.17. The minimum atomic E-state index is 0.146. The van der Waals surface area contributed by atoms with Crippen LogP contribution in [-0.4, -0.2) is 46.6 Å². The molecule has 4 heteroatoms. The van der Waals surface area contributed by atoms with Gasteiger partial charge in [-0.05, 0) is 25.4 Å². The fraction of sp³-hybridized carbons (Fsp3) is 1.00. The smallest absolute Gasteiger partial charge is 0.0928 e. The number of ether oxygens (including phenoxy) is 2. The summed E-state index contributed by atoms with van der Waals surface area (Å²) < 4.78 is 10.2. The van der Waals surface area contributed by atoms with E-state index in [9.17, 15) is 0 Å². The predicted octanol–water partition coefficient (Wildman–Crippen LogP) is 0.222. The molecule has 0 radical (unpaired) electrons. The van der Waals surface area contributed by atoms with Gasteiger partial charge in [0.2, 0.25) is 0 Å². The maximum Gasteiger partial charge on any atom is 0.0928 e. The van der Waals surface area contributed by atoms with Gasteiger partial charge in [-0.3, -0.25) is 0 Å². The van der Waals surface area contributed by atoms with Crippen LogP contribution in [0, 0.1) is 5.92 Å². The van der Waals surface area contributed by atoms with Crippen LogP contribution in [0.15, 0.2) is 0 Å². The lowest BCUT2D eigenvalue weighted by Gasteiger charge is -2.15. The van der Waals surface area contributed by atoms with Crippen molar-refractivity contribution in [2.45, 2.75) is 19.4 Å². The van der Waals surface area contributed by atoms with Crippen molar-refractivity contribution >= 4 is 0 Å². The number of nitrogens with one attached hydrogen (secondary N) is 1. The first kappa shape index (κ1) is 13.8. The van der Waals surface area contributed by atoms with Crippen LogP contribution < -0.4 is 11.1 Å². The SMILES string of the molecule is COCC(CNCCC(C)CN)OC. The molecule has 0 saturated carbocycles. The van der Waals surface area contributed by atoms with Crippen LogP contribution in [0.3, 0.4) is 0 Å². The van der Waals surface area contributed by atoms with E-state index in [2.05, 4.69) is 12.2 Å². The molecule has 0 bridgehead atoms. The molecule has 0 aromatic rings. The molecule has 3 N–H and O–H groups in total. The molecule has 0 heterocycles. The summed E-state index contributed by atoms with van der Waals surface area (Å²) in [5.74, 6) is 0.589. The summed E-state index contributed by atoms with van der Waals surface area (Å²) in [5, 5.41) is 3.33. The standard InChI is InChI=1S/C10H24N2O2/c1-9(6-11)4-5-12-7-10(14-3)8-13-2/h9-10,12H,4-8,11H2,1-3H3. The monoisotopic (exact) mass is 204 g/mol. The van der Waals surface area contributed by atoms with Crippen molar-refractivity contribution in [2.24, 2.45) is 11.7 Å². The molecule has 2 atom stereocenters. The lowest BCUT2D eigenvalue weighted by molar-refractivity contribution is 0.0289. The molecule has 0 amide bonds. The van der Waals surface area contributed by atoms with Crippen molar-refractivity contribution in [2.75, 3.05) is 40.5 Å². The molecule has 0 aliphatic heterocycles. The van der Waals surface area contributed by atoms with Gasteiger partial charge in [0.1, 0.15) is 0 Å². The highest BCUT2D eigenvalue weighted by atomic mass is 16.5. The first-order chi connectivity index (χ1) is 6.74. The quantitative estimate of drug-likeness (QED) is 0.528. The van der Waals surface area contributed by atoms with Crippen molar-refractivity contribution in [3.63, 3.8) is 0 Å². The van der Waals surface area contributed by atoms with Crippen molar-refractivity contribution < 1.29 is 9.47 Å². The maximum absolute atomic E-state index is 5.52. The van der Waals surface area contributed by atoms with Crippen molar-refractivity contribution in [1.29, 1.82) is 0 Å². The Morgan fingerprint density at radius 1 is 1.36 bits per heavy atom. The summed E-state index contributed by atoms with van der Waals surface area (Å²) in [5.41, 5.74) is 5.52. The molecule has 0 saturated heterocycles. The molecule has 0 aromatic carbocycles. The molecule has 0 spiro atoms. The third-order valence-corrected chi connectivity index (χ3v) is 2.27. The zero-order chi connectivity index (χ0) is 10.8. The van der Waals surface area contributed by atoms with Gasteiger partial charge in [-0.1, -0.05) is 6.92 Å². The van der Waals surface area contributed by atoms with Gasteiger partial charge in [0, 0.05) is 20.8 Å². The molecule has 4 nitrogen and oxygen atoms in total. The van der Waals surface area contributed by atoms with Gasteiger partial charge in [0.05, 0.1) is 12.7 Å². The fourth-order valence-electron chi connectivity index (χ4n) is 1.13. The van der Waals surface area contributed by atoms with Crippen LogP contribution in [-0.2, 0) is 9.47 Å². The predicted molar refractivity (Wildman–Crippen MR) is 58.4 cm³/mol. The summed E-state index contributed by atoms with van der Waals surface area (Å²) in [6, 6.07) is 0. The highest BCUT2D eigenvalue weighted by Crippen LogP contribution is 1.96. The Morgan fingerprint density at radius 3 is 2.57 bits per heavy atom. The summed E-state index contributed by atoms with van der Waals surface area (Å²) in [6.45, 7) is 5.37. The summed E-state index contributed by atoms with van der Waals surface area (Å²) in [7, 11) is 3.39. The molecular formula is C10H24N2O2. The Balaban J connectivity index is 3.32. The van der Waals surface area contributed by atoms with Crippen LogP contribution in [0.2, 0.25) is 0 Å². The molecule has 0 aliphatic rings. The molecule has 0 aliphatic carbocycles. The Labute approximate surface area is 87.1 Å². The van der Waals surface area contributed by atoms with E-state index >= 15 is 0 Å². The first-order valence-electron chi connectivity index (χ1n) is 5.17. The Morgan fingerprint density at radius 2 is 2.07 bits per heavy atom. The number of hydrogen-bond donors (Lipinski definition) is 2. The molecule has 0 rings (SSSR count). The van der Waals surface area contributed by atoms with Crippen molar-refractivity contribution in [3.8, 4) is 0 Å². The fourth-order valence-corrected chi connectivity index (χ4v) is 1.13. The van der Waals surface area contributed by atoms with Crippen LogP contribution in [0.1, 0.15) is 13.3 Å². The highest BCUT2D eigenvalue weighted by Gasteiger charge is 2.05. The molecule has 2 unspecified atom stereocenters. The number of hydrogen-bond acceptors (Lipinski definition) is 4. The number of nitrogens with two attached hydrogens (primary N) is 1. The van der Waals surface area contributed by atoms with Crippen LogP contribution >= 0.6 is 0 Å². The highest BCUT2D eigenvalue weighted by molar-refractivity contribution is 4.62. The van der Waals surface area contributed by atoms with Gasteiger partial charge in [-0.2, -0.15) is 0 Å². The van der Waals surface area contributed by atoms with Crippen molar-refractivity contribution in [1.82, 2.24) is 5.32 Å². The Bertz CT molecular complexity index is 123. The van der Waals surface area contributed by atoms with Gasteiger partial charge in [0.15, 0.2) is 0 Å². The normalized spacial score (nSPS) is 15.4. The van der Waals surface area contributed by atoms with E-state index < -0.39 is 0 Å². The van der Waals surface area contributed by atoms with Crippen LogP contribution in [0.4, 0.5) is 0 Å². The van der Waals surface area contributed by atoms with Crippen LogP contribution in [0.25, 0.3) is 0 Å². The molecule has 0 aromatic heterocycles.